The molecular formula is C18H18IN3O2S. The van der Waals surface area contributed by atoms with Gasteiger partial charge in [0, 0.05) is 27.0 Å². The molecule has 1 N–H and O–H groups in total. The third-order valence-corrected chi connectivity index (χ3v) is 6.12. The molecule has 1 saturated heterocycles. The number of thiazole rings is 1. The molecule has 1 aromatic carbocycles. The van der Waals surface area contributed by atoms with Crippen LogP contribution < -0.4 is 5.32 Å². The number of rotatable bonds is 4. The van der Waals surface area contributed by atoms with E-state index in [1.807, 2.05) is 29.6 Å². The average molecular weight is 467 g/mol. The number of hydrogen-bond donors (Lipinski definition) is 1. The van der Waals surface area contributed by atoms with Crippen LogP contribution in [0.4, 0.5) is 5.13 Å². The maximum absolute atomic E-state index is 12.6. The SMILES string of the molecule is O=C(Nc1nc(-c2ccc(I)cc2)cs1)C1CCCN1C(=O)C1CC1. The fourth-order valence-corrected chi connectivity index (χ4v) is 4.22. The van der Waals surface area contributed by atoms with Crippen LogP contribution in [0.5, 0.6) is 0 Å². The van der Waals surface area contributed by atoms with Crippen molar-refractivity contribution in [2.45, 2.75) is 31.7 Å². The Labute approximate surface area is 164 Å². The minimum absolute atomic E-state index is 0.116. The highest BCUT2D eigenvalue weighted by Crippen LogP contribution is 2.34. The largest absolute Gasteiger partial charge is 0.330 e. The van der Waals surface area contributed by atoms with Gasteiger partial charge in [0.05, 0.1) is 5.69 Å². The van der Waals surface area contributed by atoms with E-state index in [1.165, 1.54) is 14.9 Å². The molecule has 2 heterocycles. The molecule has 2 aromatic rings. The highest BCUT2D eigenvalue weighted by molar-refractivity contribution is 14.1. The van der Waals surface area contributed by atoms with Crippen LogP contribution in [0.15, 0.2) is 29.6 Å². The molecule has 1 atom stereocenters. The van der Waals surface area contributed by atoms with Crippen molar-refractivity contribution in [2.24, 2.45) is 5.92 Å². The van der Waals surface area contributed by atoms with Gasteiger partial charge in [-0.2, -0.15) is 0 Å². The standard InChI is InChI=1S/C18H18IN3O2S/c19-13-7-5-11(6-8-13)14-10-25-18(20-14)21-16(23)15-2-1-9-22(15)17(24)12-3-4-12/h5-8,10,12,15H,1-4,9H2,(H,20,21,23). The van der Waals surface area contributed by atoms with Gasteiger partial charge in [0.25, 0.3) is 0 Å². The number of halogens is 1. The van der Waals surface area contributed by atoms with Gasteiger partial charge in [0.15, 0.2) is 5.13 Å². The van der Waals surface area contributed by atoms with Crippen molar-refractivity contribution in [1.29, 1.82) is 0 Å². The first kappa shape index (κ1) is 17.0. The molecule has 130 valence electrons. The fraction of sp³-hybridized carbons (Fsp3) is 0.389. The number of nitrogens with zero attached hydrogens (tertiary/aromatic N) is 2. The lowest BCUT2D eigenvalue weighted by Gasteiger charge is -2.23. The Bertz CT molecular complexity index is 801. The van der Waals surface area contributed by atoms with Crippen molar-refractivity contribution in [3.8, 4) is 11.3 Å². The molecule has 2 amide bonds. The molecule has 2 aliphatic rings. The van der Waals surface area contributed by atoms with Crippen molar-refractivity contribution >= 4 is 50.9 Å². The predicted octanol–water partition coefficient (Wildman–Crippen LogP) is 3.75. The lowest BCUT2D eigenvalue weighted by molar-refractivity contribution is -0.137. The third kappa shape index (κ3) is 3.72. The summed E-state index contributed by atoms with van der Waals surface area (Å²) in [6, 6.07) is 7.77. The van der Waals surface area contributed by atoms with Gasteiger partial charge >= 0.3 is 0 Å². The second-order valence-electron chi connectivity index (χ2n) is 6.50. The number of hydrogen-bond acceptors (Lipinski definition) is 4. The van der Waals surface area contributed by atoms with Gasteiger partial charge in [-0.3, -0.25) is 9.59 Å². The molecule has 5 nitrogen and oxygen atoms in total. The van der Waals surface area contributed by atoms with E-state index < -0.39 is 0 Å². The Morgan fingerprint density at radius 3 is 2.68 bits per heavy atom. The van der Waals surface area contributed by atoms with E-state index in [1.54, 1.807) is 4.90 Å². The van der Waals surface area contributed by atoms with Gasteiger partial charge in [0.1, 0.15) is 6.04 Å². The molecule has 25 heavy (non-hydrogen) atoms. The molecule has 1 aromatic heterocycles. The topological polar surface area (TPSA) is 62.3 Å². The van der Waals surface area contributed by atoms with Gasteiger partial charge in [-0.25, -0.2) is 4.98 Å². The molecular weight excluding hydrogens is 449 g/mol. The zero-order valence-corrected chi connectivity index (χ0v) is 16.5. The smallest absolute Gasteiger partial charge is 0.248 e. The quantitative estimate of drug-likeness (QED) is 0.697. The number of nitrogens with one attached hydrogen (secondary N) is 1. The van der Waals surface area contributed by atoms with Crippen molar-refractivity contribution in [2.75, 3.05) is 11.9 Å². The second-order valence-corrected chi connectivity index (χ2v) is 8.60. The van der Waals surface area contributed by atoms with Crippen LogP contribution in [0.3, 0.4) is 0 Å². The maximum Gasteiger partial charge on any atom is 0.248 e. The van der Waals surface area contributed by atoms with E-state index in [2.05, 4.69) is 32.9 Å². The highest BCUT2D eigenvalue weighted by atomic mass is 127. The summed E-state index contributed by atoms with van der Waals surface area (Å²) in [6.45, 7) is 0.694. The van der Waals surface area contributed by atoms with Crippen LogP contribution in [0.2, 0.25) is 0 Å². The van der Waals surface area contributed by atoms with Gasteiger partial charge in [-0.15, -0.1) is 11.3 Å². The molecule has 0 bridgehead atoms. The van der Waals surface area contributed by atoms with Crippen LogP contribution in [0.25, 0.3) is 11.3 Å². The highest BCUT2D eigenvalue weighted by Gasteiger charge is 2.40. The van der Waals surface area contributed by atoms with E-state index in [9.17, 15) is 9.59 Å². The molecule has 4 rings (SSSR count). The summed E-state index contributed by atoms with van der Waals surface area (Å²) >= 11 is 3.68. The fourth-order valence-electron chi connectivity index (χ4n) is 3.14. The van der Waals surface area contributed by atoms with Gasteiger partial charge in [-0.1, -0.05) is 12.1 Å². The summed E-state index contributed by atoms with van der Waals surface area (Å²) < 4.78 is 1.17. The summed E-state index contributed by atoms with van der Waals surface area (Å²) in [7, 11) is 0. The molecule has 1 unspecified atom stereocenters. The number of anilines is 1. The summed E-state index contributed by atoms with van der Waals surface area (Å²) in [5, 5.41) is 5.43. The maximum atomic E-state index is 12.6. The molecule has 0 spiro atoms. The molecule has 1 aliphatic carbocycles. The Morgan fingerprint density at radius 1 is 1.20 bits per heavy atom. The minimum atomic E-state index is -0.348. The number of aromatic nitrogens is 1. The van der Waals surface area contributed by atoms with Crippen LogP contribution >= 0.6 is 33.9 Å². The number of amides is 2. The Kier molecular flexibility index (Phi) is 4.77. The van der Waals surface area contributed by atoms with E-state index >= 15 is 0 Å². The summed E-state index contributed by atoms with van der Waals surface area (Å²) in [5.74, 6) is 0.187. The lowest BCUT2D eigenvalue weighted by atomic mass is 10.2. The summed E-state index contributed by atoms with van der Waals surface area (Å²) in [4.78, 5) is 31.2. The number of benzene rings is 1. The van der Waals surface area contributed by atoms with Gasteiger partial charge in [-0.05, 0) is 60.4 Å². The zero-order valence-electron chi connectivity index (χ0n) is 13.6. The first-order valence-corrected chi connectivity index (χ1v) is 10.4. The third-order valence-electron chi connectivity index (χ3n) is 4.64. The summed E-state index contributed by atoms with van der Waals surface area (Å²) in [6.07, 6.45) is 3.56. The van der Waals surface area contributed by atoms with Crippen molar-refractivity contribution in [3.05, 3.63) is 33.2 Å². The summed E-state index contributed by atoms with van der Waals surface area (Å²) in [5.41, 5.74) is 1.89. The second kappa shape index (κ2) is 7.03. The Balaban J connectivity index is 1.44. The molecule has 0 radical (unpaired) electrons. The normalized spacial score (nSPS) is 19.9. The molecule has 7 heteroatoms. The zero-order chi connectivity index (χ0) is 17.4. The van der Waals surface area contributed by atoms with Gasteiger partial charge in [0.2, 0.25) is 11.8 Å². The van der Waals surface area contributed by atoms with Crippen molar-refractivity contribution < 1.29 is 9.59 Å². The van der Waals surface area contributed by atoms with Crippen LogP contribution in [-0.4, -0.2) is 34.3 Å². The Hall–Kier alpha value is -1.48. The van der Waals surface area contributed by atoms with E-state index in [-0.39, 0.29) is 23.8 Å². The molecule has 1 aliphatic heterocycles. The van der Waals surface area contributed by atoms with Crippen molar-refractivity contribution in [1.82, 2.24) is 9.88 Å². The van der Waals surface area contributed by atoms with E-state index in [4.69, 9.17) is 0 Å². The van der Waals surface area contributed by atoms with E-state index in [0.29, 0.717) is 11.7 Å². The van der Waals surface area contributed by atoms with E-state index in [0.717, 1.165) is 36.9 Å². The lowest BCUT2D eigenvalue weighted by Crippen LogP contribution is -2.43. The van der Waals surface area contributed by atoms with Crippen LogP contribution in [-0.2, 0) is 9.59 Å². The first-order chi connectivity index (χ1) is 12.1. The average Bonchev–Trinajstić information content (AvgIpc) is 3.15. The van der Waals surface area contributed by atoms with Crippen LogP contribution in [0, 0.1) is 9.49 Å². The Morgan fingerprint density at radius 2 is 1.96 bits per heavy atom. The number of carbonyl (C=O) groups is 2. The van der Waals surface area contributed by atoms with Crippen molar-refractivity contribution in [3.63, 3.8) is 0 Å². The number of carbonyl (C=O) groups excluding carboxylic acids is 2. The first-order valence-electron chi connectivity index (χ1n) is 8.44. The minimum Gasteiger partial charge on any atom is -0.330 e. The molecule has 1 saturated carbocycles. The van der Waals surface area contributed by atoms with Crippen LogP contribution in [0.1, 0.15) is 25.7 Å². The number of likely N-dealkylation sites (tertiary alicyclic amines) is 1. The monoisotopic (exact) mass is 467 g/mol. The van der Waals surface area contributed by atoms with Gasteiger partial charge < -0.3 is 10.2 Å². The molecule has 2 fully saturated rings. The predicted molar refractivity (Wildman–Crippen MR) is 106 cm³/mol.